The Bertz CT molecular complexity index is 4180. The van der Waals surface area contributed by atoms with E-state index in [1.807, 2.05) is 127 Å². The molecule has 37 nitrogen and oxygen atoms in total. The van der Waals surface area contributed by atoms with Crippen LogP contribution in [0.25, 0.3) is 0 Å². The van der Waals surface area contributed by atoms with Crippen LogP contribution in [0.5, 0.6) is 0 Å². The number of hydrazine groups is 2. The number of amides is 10. The van der Waals surface area contributed by atoms with Gasteiger partial charge in [0.2, 0.25) is 36.4 Å². The standard InChI is InChI=1S/C18H22N2O5.C17H18N4O4.C16H20N4O4.C14H16N2O3.C9H12N4O2.CH3.H4N2.H2O.Pd/c1-2-24-15(21)11-19-13-18(16(19)22)9-6-10-20(18)17(23)25-12-14-7-4-3-5-8-14;22-15-17(11-20(15)9-14-19-18-12-25-14)7-4-8-21(17)16(23)24-10-13-5-2-1-3-6-13;17-18-13(21)9-19-11-16(14(19)22)7-4-8-20(16)15(23)24-10-12-5-2-1-3-6-12;17-12-14(10-15-12)7-4-8-16(14)13(18)19-9-11-5-2-1-3-6-11;14-8-9(2-1-3-10-9)5-13(8)4-7-12-11-6-15-7;;1-2;;/h3-5,7-8H,2,6,9-13H2,1H3;1-3,5-6,12H,4,7-11H2;1-3,5-6H,4,7-11,17H2,(H,18,21);1-3,5-6H,4,7-10H2,(H,15,17);6,10H,1-5H2;1H3;1-2H2;1H2;/q;;;;;-1;;;. The van der Waals surface area contributed by atoms with E-state index in [2.05, 4.69) is 42.7 Å². The molecule has 6 aromatic rings. The van der Waals surface area contributed by atoms with Gasteiger partial charge in [-0.05, 0) is 99.9 Å². The van der Waals surface area contributed by atoms with Gasteiger partial charge in [-0.25, -0.2) is 25.0 Å². The fourth-order valence-electron chi connectivity index (χ4n) is 15.4. The molecule has 4 aromatic carbocycles. The van der Waals surface area contributed by atoms with Crippen LogP contribution in [0.4, 0.5) is 19.2 Å². The van der Waals surface area contributed by atoms with Gasteiger partial charge in [0.25, 0.3) is 23.6 Å². The normalized spacial score (nSPS) is 22.8. The Kier molecular flexibility index (Phi) is 31.0. The molecule has 0 saturated carbocycles. The van der Waals surface area contributed by atoms with Crippen LogP contribution in [-0.4, -0.2) is 244 Å². The van der Waals surface area contributed by atoms with Gasteiger partial charge >= 0.3 is 30.3 Å². The number of rotatable bonds is 17. The number of hydrogen-bond donors (Lipinski definition) is 6. The summed E-state index contributed by atoms with van der Waals surface area (Å²) in [6.07, 6.45) is 8.47. The minimum atomic E-state index is -0.858. The van der Waals surface area contributed by atoms with Gasteiger partial charge in [0.05, 0.1) is 45.9 Å². The fourth-order valence-corrected chi connectivity index (χ4v) is 15.4. The Balaban J connectivity index is 0.000000176. The predicted octanol–water partition coefficient (Wildman–Crippen LogP) is 2.40. The second-order valence-corrected chi connectivity index (χ2v) is 27.8. The SMILES string of the molecule is CCOC(=O)CN1CC2(CCCN2C(=O)OCc2ccccc2)C1=O.NN.NNC(=O)CN1CC2(CCCN2C(=O)OCc2ccccc2)C1=O.O.O=C(OCc1ccccc1)N1CCCC12CN(Cc1nnco1)C2=O.O=C(OCc1ccccc1)N1CCCC12CNC2=O.O=C1N(Cc2nnco2)CC12CCCN2.[CH3-].[Pd]. The first kappa shape index (κ1) is 87.6. The number of carbonyl (C=O) groups is 11. The van der Waals surface area contributed by atoms with Gasteiger partial charge < -0.3 is 75.7 Å². The van der Waals surface area contributed by atoms with E-state index in [4.69, 9.17) is 38.4 Å². The summed E-state index contributed by atoms with van der Waals surface area (Å²) in [7, 11) is 0. The van der Waals surface area contributed by atoms with Crippen LogP contribution >= 0.6 is 0 Å². The molecule has 612 valence electrons. The number of nitrogens with two attached hydrogens (primary N) is 3. The van der Waals surface area contributed by atoms with E-state index in [9.17, 15) is 52.7 Å². The van der Waals surface area contributed by atoms with Crippen molar-refractivity contribution < 1.29 is 111 Å². The maximum absolute atomic E-state index is 12.7. The van der Waals surface area contributed by atoms with Crippen molar-refractivity contribution >= 4 is 65.8 Å². The van der Waals surface area contributed by atoms with Gasteiger partial charge in [0.15, 0.2) is 0 Å². The van der Waals surface area contributed by atoms with Crippen molar-refractivity contribution in [2.24, 2.45) is 17.5 Å². The molecule has 10 amide bonds. The molecule has 10 aliphatic heterocycles. The number of aromatic nitrogens is 4. The summed E-state index contributed by atoms with van der Waals surface area (Å²) < 4.78 is 36.4. The molecule has 10 fully saturated rings. The quantitative estimate of drug-likeness (QED) is 0.0112. The van der Waals surface area contributed by atoms with Crippen molar-refractivity contribution in [2.75, 3.05) is 85.1 Å². The third-order valence-corrected chi connectivity index (χ3v) is 21.0. The van der Waals surface area contributed by atoms with Crippen LogP contribution in [0.2, 0.25) is 0 Å². The summed E-state index contributed by atoms with van der Waals surface area (Å²) in [6.45, 7) is 8.84. The molecule has 10 aliphatic rings. The first-order valence-corrected chi connectivity index (χ1v) is 36.5. The number of esters is 1. The fraction of sp³-hybridized carbons (Fsp3) is 0.467. The van der Waals surface area contributed by atoms with Gasteiger partial charge in [-0.1, -0.05) is 121 Å². The molecule has 11 N–H and O–H groups in total. The van der Waals surface area contributed by atoms with E-state index in [1.165, 1.54) is 32.4 Å². The van der Waals surface area contributed by atoms with Gasteiger partial charge in [-0.3, -0.25) is 70.3 Å². The summed E-state index contributed by atoms with van der Waals surface area (Å²) >= 11 is 0. The van der Waals surface area contributed by atoms with E-state index in [-0.39, 0.29) is 121 Å². The average molecular weight is 1660 g/mol. The first-order chi connectivity index (χ1) is 53.3. The van der Waals surface area contributed by atoms with Crippen LogP contribution in [0.15, 0.2) is 143 Å². The zero-order valence-corrected chi connectivity index (χ0v) is 64.5. The smallest absolute Gasteiger partial charge is 0.411 e. The molecule has 38 heteroatoms. The average Bonchev–Trinajstić information content (AvgIpc) is 1.48. The molecule has 0 radical (unpaired) electrons. The first-order valence-electron chi connectivity index (χ1n) is 36.5. The zero-order chi connectivity index (χ0) is 77.9. The third-order valence-electron chi connectivity index (χ3n) is 21.0. The molecule has 0 bridgehead atoms. The van der Waals surface area contributed by atoms with Crippen molar-refractivity contribution in [1.29, 1.82) is 0 Å². The number of ether oxygens (including phenoxy) is 5. The summed E-state index contributed by atoms with van der Waals surface area (Å²) in [5.41, 5.74) is 2.28. The molecule has 5 atom stereocenters. The van der Waals surface area contributed by atoms with Crippen molar-refractivity contribution in [3.63, 3.8) is 0 Å². The van der Waals surface area contributed by atoms with Crippen LogP contribution in [0.1, 0.15) is 105 Å². The Hall–Kier alpha value is -11.0. The molecule has 5 spiro atoms. The molecule has 113 heavy (non-hydrogen) atoms. The van der Waals surface area contributed by atoms with Crippen LogP contribution < -0.4 is 33.6 Å². The number of likely N-dealkylation sites (tertiary alicyclic amines) is 8. The van der Waals surface area contributed by atoms with Gasteiger partial charge in [0, 0.05) is 53.1 Å². The molecule has 5 unspecified atom stereocenters. The molecule has 0 aliphatic carbocycles. The molecular weight excluding hydrogens is 1560 g/mol. The minimum absolute atomic E-state index is 0. The largest absolute Gasteiger partial charge is 0.465 e. The maximum atomic E-state index is 12.7. The Morgan fingerprint density at radius 3 is 1.13 bits per heavy atom. The van der Waals surface area contributed by atoms with E-state index in [0.29, 0.717) is 89.9 Å². The van der Waals surface area contributed by atoms with Crippen molar-refractivity contribution in [3.05, 3.63) is 176 Å². The number of β-lactam (4-membered cyclic amide) rings is 5. The third kappa shape index (κ3) is 19.6. The maximum Gasteiger partial charge on any atom is 0.411 e. The molecule has 16 rings (SSSR count). The minimum Gasteiger partial charge on any atom is -0.465 e. The van der Waals surface area contributed by atoms with Crippen molar-refractivity contribution in [1.82, 2.24) is 75.7 Å². The van der Waals surface area contributed by atoms with Gasteiger partial charge in [0.1, 0.15) is 67.2 Å². The summed E-state index contributed by atoms with van der Waals surface area (Å²) in [5.74, 6) is 12.7. The number of nitrogens with zero attached hydrogens (tertiary/aromatic N) is 12. The Morgan fingerprint density at radius 2 is 0.832 bits per heavy atom. The number of benzene rings is 4. The van der Waals surface area contributed by atoms with E-state index in [0.717, 1.165) is 80.3 Å². The molecule has 12 heterocycles. The second-order valence-electron chi connectivity index (χ2n) is 27.8. The van der Waals surface area contributed by atoms with Crippen molar-refractivity contribution in [3.8, 4) is 0 Å². The van der Waals surface area contributed by atoms with E-state index in [1.54, 1.807) is 26.5 Å². The van der Waals surface area contributed by atoms with Crippen LogP contribution in [0, 0.1) is 7.43 Å². The van der Waals surface area contributed by atoms with E-state index >= 15 is 0 Å². The van der Waals surface area contributed by atoms with Gasteiger partial charge in [-0.2, -0.15) is 0 Å². The molecule has 10 saturated heterocycles. The predicted molar refractivity (Wildman–Crippen MR) is 394 cm³/mol. The van der Waals surface area contributed by atoms with Crippen molar-refractivity contribution in [2.45, 2.75) is 138 Å². The number of nitrogens with one attached hydrogen (secondary N) is 3. The van der Waals surface area contributed by atoms with Gasteiger partial charge in [-0.15, -0.1) is 20.4 Å². The Morgan fingerprint density at radius 1 is 0.478 bits per heavy atom. The second kappa shape index (κ2) is 39.9. The Labute approximate surface area is 666 Å². The van der Waals surface area contributed by atoms with Crippen LogP contribution in [-0.2, 0) is 117 Å². The zero-order valence-electron chi connectivity index (χ0n) is 63.0. The monoisotopic (exact) mass is 1660 g/mol. The van der Waals surface area contributed by atoms with E-state index < -0.39 is 58.4 Å². The number of carbonyl (C=O) groups excluding carboxylic acids is 11. The molecule has 2 aromatic heterocycles. The summed E-state index contributed by atoms with van der Waals surface area (Å²) in [4.78, 5) is 146. The summed E-state index contributed by atoms with van der Waals surface area (Å²) in [5, 5.41) is 20.7. The number of hydrogen-bond acceptors (Lipinski definition) is 26. The van der Waals surface area contributed by atoms with Crippen LogP contribution in [0.3, 0.4) is 0 Å². The topological polar surface area (TPSA) is 483 Å². The summed E-state index contributed by atoms with van der Waals surface area (Å²) in [6, 6.07) is 37.8. The molecular formula is C75H97N18O19Pd-.